The fraction of sp³-hybridized carbons (Fsp3) is 0.562. The van der Waals surface area contributed by atoms with Crippen LogP contribution in [0.1, 0.15) is 32.3 Å². The van der Waals surface area contributed by atoms with E-state index in [-0.39, 0.29) is 24.0 Å². The average molecular weight is 276 g/mol. The number of rotatable bonds is 6. The van der Waals surface area contributed by atoms with Gasteiger partial charge in [-0.05, 0) is 29.9 Å². The summed E-state index contributed by atoms with van der Waals surface area (Å²) in [6, 6.07) is 7.87. The second-order valence-corrected chi connectivity index (χ2v) is 6.27. The first-order chi connectivity index (χ1) is 9.52. The highest BCUT2D eigenvalue weighted by atomic mass is 16.2. The number of aliphatic hydroxyl groups excluding tert-OH is 1. The first-order valence-electron chi connectivity index (χ1n) is 7.25. The second-order valence-electron chi connectivity index (χ2n) is 6.27. The molecule has 1 aliphatic rings. The summed E-state index contributed by atoms with van der Waals surface area (Å²) in [4.78, 5) is 12.2. The molecule has 0 spiro atoms. The molecule has 4 heteroatoms. The Kier molecular flexibility index (Phi) is 4.65. The normalized spacial score (nSPS) is 17.4. The predicted molar refractivity (Wildman–Crippen MR) is 80.7 cm³/mol. The number of amides is 1. The molecule has 0 aromatic heterocycles. The number of para-hydroxylation sites is 1. The van der Waals surface area contributed by atoms with Crippen LogP contribution >= 0.6 is 0 Å². The molecule has 0 bridgehead atoms. The smallest absolute Gasteiger partial charge is 0.242 e. The van der Waals surface area contributed by atoms with E-state index < -0.39 is 0 Å². The lowest BCUT2D eigenvalue weighted by atomic mass is 9.88. The Hall–Kier alpha value is -1.55. The molecule has 0 saturated heterocycles. The molecule has 110 valence electrons. The summed E-state index contributed by atoms with van der Waals surface area (Å²) in [5.41, 5.74) is 2.28. The third-order valence-corrected chi connectivity index (χ3v) is 3.84. The van der Waals surface area contributed by atoms with Gasteiger partial charge in [0.25, 0.3) is 0 Å². The summed E-state index contributed by atoms with van der Waals surface area (Å²) in [5.74, 6) is 0.0540. The van der Waals surface area contributed by atoms with Gasteiger partial charge >= 0.3 is 0 Å². The molecule has 1 aromatic carbocycles. The van der Waals surface area contributed by atoms with Gasteiger partial charge in [0.2, 0.25) is 5.91 Å². The second kappa shape index (κ2) is 6.27. The summed E-state index contributed by atoms with van der Waals surface area (Å²) in [5, 5.41) is 15.2. The number of carbonyl (C=O) groups is 1. The molecule has 4 nitrogen and oxygen atoms in total. The Bertz CT molecular complexity index is 446. The number of hydrogen-bond acceptors (Lipinski definition) is 3. The Morgan fingerprint density at radius 3 is 2.90 bits per heavy atom. The quantitative estimate of drug-likeness (QED) is 0.744. The number of nitrogens with one attached hydrogen (secondary N) is 2. The van der Waals surface area contributed by atoms with Crippen molar-refractivity contribution in [2.24, 2.45) is 5.41 Å². The molecule has 1 unspecified atom stereocenters. The van der Waals surface area contributed by atoms with Gasteiger partial charge in [-0.3, -0.25) is 4.79 Å². The van der Waals surface area contributed by atoms with Gasteiger partial charge in [0.1, 0.15) is 6.04 Å². The lowest BCUT2D eigenvalue weighted by Gasteiger charge is -2.25. The highest BCUT2D eigenvalue weighted by Gasteiger charge is 2.27. The van der Waals surface area contributed by atoms with Crippen LogP contribution in [-0.2, 0) is 11.2 Å². The van der Waals surface area contributed by atoms with Crippen molar-refractivity contribution in [3.63, 3.8) is 0 Å². The third-order valence-electron chi connectivity index (χ3n) is 3.84. The van der Waals surface area contributed by atoms with Crippen LogP contribution in [-0.4, -0.2) is 30.2 Å². The van der Waals surface area contributed by atoms with Crippen molar-refractivity contribution in [1.29, 1.82) is 0 Å². The van der Waals surface area contributed by atoms with Crippen molar-refractivity contribution in [2.45, 2.75) is 39.2 Å². The van der Waals surface area contributed by atoms with Crippen molar-refractivity contribution < 1.29 is 9.90 Å². The first kappa shape index (κ1) is 14.9. The van der Waals surface area contributed by atoms with Crippen molar-refractivity contribution in [1.82, 2.24) is 5.32 Å². The van der Waals surface area contributed by atoms with E-state index in [2.05, 4.69) is 30.5 Å². The zero-order valence-corrected chi connectivity index (χ0v) is 12.3. The Morgan fingerprint density at radius 2 is 2.20 bits per heavy atom. The summed E-state index contributed by atoms with van der Waals surface area (Å²) in [7, 11) is 0. The van der Waals surface area contributed by atoms with Gasteiger partial charge in [-0.25, -0.2) is 0 Å². The largest absolute Gasteiger partial charge is 0.396 e. The highest BCUT2D eigenvalue weighted by Crippen LogP contribution is 2.25. The van der Waals surface area contributed by atoms with Gasteiger partial charge < -0.3 is 15.7 Å². The van der Waals surface area contributed by atoms with E-state index in [1.165, 1.54) is 5.56 Å². The fourth-order valence-corrected chi connectivity index (χ4v) is 2.55. The van der Waals surface area contributed by atoms with E-state index in [1.807, 2.05) is 18.2 Å². The molecule has 0 fully saturated rings. The summed E-state index contributed by atoms with van der Waals surface area (Å²) >= 11 is 0. The summed E-state index contributed by atoms with van der Waals surface area (Å²) in [6.45, 7) is 5.07. The van der Waals surface area contributed by atoms with E-state index in [4.69, 9.17) is 5.11 Å². The van der Waals surface area contributed by atoms with Gasteiger partial charge in [-0.1, -0.05) is 32.0 Å². The third kappa shape index (κ3) is 3.73. The molecule has 3 N–H and O–H groups in total. The minimum Gasteiger partial charge on any atom is -0.396 e. The number of fused-ring (bicyclic) bond motifs is 1. The van der Waals surface area contributed by atoms with Gasteiger partial charge in [-0.2, -0.15) is 0 Å². The van der Waals surface area contributed by atoms with Gasteiger partial charge in [0.15, 0.2) is 0 Å². The topological polar surface area (TPSA) is 61.4 Å². The van der Waals surface area contributed by atoms with Crippen LogP contribution in [0.3, 0.4) is 0 Å². The number of anilines is 1. The molecule has 1 heterocycles. The van der Waals surface area contributed by atoms with E-state index in [0.717, 1.165) is 24.9 Å². The van der Waals surface area contributed by atoms with Gasteiger partial charge in [-0.15, -0.1) is 0 Å². The number of carbonyl (C=O) groups excluding carboxylic acids is 1. The van der Waals surface area contributed by atoms with Crippen molar-refractivity contribution in [3.05, 3.63) is 29.8 Å². The van der Waals surface area contributed by atoms with E-state index in [1.54, 1.807) is 0 Å². The van der Waals surface area contributed by atoms with E-state index >= 15 is 0 Å². The minimum absolute atomic E-state index is 0.0177. The standard InChI is InChI=1S/C16H24N2O2/c1-16(2,8-5-9-19)11-17-15(20)14-10-12-6-3-4-7-13(12)18-14/h3-4,6-7,14,18-19H,5,8-11H2,1-2H3,(H,17,20). The van der Waals surface area contributed by atoms with Crippen LogP contribution in [0.15, 0.2) is 24.3 Å². The molecule has 1 aromatic rings. The molecular weight excluding hydrogens is 252 g/mol. The Labute approximate surface area is 120 Å². The molecule has 0 saturated carbocycles. The lowest BCUT2D eigenvalue weighted by Crippen LogP contribution is -2.42. The predicted octanol–water partition coefficient (Wildman–Crippen LogP) is 1.94. The van der Waals surface area contributed by atoms with E-state index in [9.17, 15) is 4.79 Å². The summed E-state index contributed by atoms with van der Waals surface area (Å²) in [6.07, 6.45) is 2.43. The van der Waals surface area contributed by atoms with E-state index in [0.29, 0.717) is 6.54 Å². The molecule has 20 heavy (non-hydrogen) atoms. The van der Waals surface area contributed by atoms with Gasteiger partial charge in [0, 0.05) is 25.3 Å². The lowest BCUT2D eigenvalue weighted by molar-refractivity contribution is -0.122. The van der Waals surface area contributed by atoms with Crippen LogP contribution in [0.4, 0.5) is 5.69 Å². The van der Waals surface area contributed by atoms with Crippen LogP contribution in [0.2, 0.25) is 0 Å². The van der Waals surface area contributed by atoms with Crippen LogP contribution in [0, 0.1) is 5.41 Å². The number of benzene rings is 1. The number of aliphatic hydroxyl groups is 1. The molecule has 1 aliphatic heterocycles. The molecule has 2 rings (SSSR count). The SMILES string of the molecule is CC(C)(CCCO)CNC(=O)C1Cc2ccccc2N1. The molecule has 1 amide bonds. The average Bonchev–Trinajstić information content (AvgIpc) is 2.86. The molecular formula is C16H24N2O2. The maximum atomic E-state index is 12.2. The zero-order chi connectivity index (χ0) is 14.6. The van der Waals surface area contributed by atoms with Crippen LogP contribution in [0.5, 0.6) is 0 Å². The minimum atomic E-state index is -0.166. The Morgan fingerprint density at radius 1 is 1.45 bits per heavy atom. The molecule has 1 atom stereocenters. The number of hydrogen-bond donors (Lipinski definition) is 3. The zero-order valence-electron chi connectivity index (χ0n) is 12.3. The van der Waals surface area contributed by atoms with Crippen molar-refractivity contribution in [2.75, 3.05) is 18.5 Å². The Balaban J connectivity index is 1.82. The first-order valence-corrected chi connectivity index (χ1v) is 7.25. The maximum absolute atomic E-state index is 12.2. The molecule has 0 aliphatic carbocycles. The van der Waals surface area contributed by atoms with Crippen molar-refractivity contribution in [3.8, 4) is 0 Å². The summed E-state index contributed by atoms with van der Waals surface area (Å²) < 4.78 is 0. The van der Waals surface area contributed by atoms with Crippen molar-refractivity contribution >= 4 is 11.6 Å². The maximum Gasteiger partial charge on any atom is 0.242 e. The monoisotopic (exact) mass is 276 g/mol. The van der Waals surface area contributed by atoms with Crippen LogP contribution < -0.4 is 10.6 Å². The highest BCUT2D eigenvalue weighted by molar-refractivity contribution is 5.87. The van der Waals surface area contributed by atoms with Gasteiger partial charge in [0.05, 0.1) is 0 Å². The molecule has 0 radical (unpaired) electrons. The van der Waals surface area contributed by atoms with Crippen LogP contribution in [0.25, 0.3) is 0 Å². The fourth-order valence-electron chi connectivity index (χ4n) is 2.55.